The molecule has 0 bridgehead atoms. The lowest BCUT2D eigenvalue weighted by molar-refractivity contribution is -0.0231. The number of nitrogens with zero attached hydrogens (tertiary/aromatic N) is 1. The van der Waals surface area contributed by atoms with Crippen molar-refractivity contribution in [2.45, 2.75) is 52.7 Å². The molecule has 1 aliphatic heterocycles. The minimum atomic E-state index is -0.483. The highest BCUT2D eigenvalue weighted by atomic mass is 16.6. The Balaban J connectivity index is 2.63. The second-order valence-corrected chi connectivity index (χ2v) is 6.38. The molecule has 0 aromatic carbocycles. The van der Waals surface area contributed by atoms with Crippen LogP contribution >= 0.6 is 0 Å². The Labute approximate surface area is 97.6 Å². The van der Waals surface area contributed by atoms with E-state index in [1.165, 1.54) is 0 Å². The lowest BCUT2D eigenvalue weighted by Crippen LogP contribution is -2.50. The van der Waals surface area contributed by atoms with Crippen LogP contribution in [0, 0.1) is 5.41 Å². The van der Waals surface area contributed by atoms with Gasteiger partial charge in [0.25, 0.3) is 0 Å². The van der Waals surface area contributed by atoms with Gasteiger partial charge in [-0.1, -0.05) is 13.8 Å². The Morgan fingerprint density at radius 1 is 1.44 bits per heavy atom. The minimum absolute atomic E-state index is 0.0471. The number of likely N-dealkylation sites (tertiary alicyclic amines) is 1. The number of β-amino-alcohol motifs (C(OH)–C–C–N with tert-alkyl or cyclic N) is 1. The summed E-state index contributed by atoms with van der Waals surface area (Å²) in [5, 5.41) is 9.71. The summed E-state index contributed by atoms with van der Waals surface area (Å²) >= 11 is 0. The summed E-state index contributed by atoms with van der Waals surface area (Å²) < 4.78 is 5.29. The Bertz CT molecular complexity index is 268. The molecule has 0 aromatic rings. The Morgan fingerprint density at radius 3 is 2.44 bits per heavy atom. The number of carbonyl (C=O) groups excluding carboxylic acids is 1. The standard InChI is InChI=1S/C12H23NO3/c1-11(2,3)16-10(15)13-7-9(14)6-12(4,5)8-13/h9,14H,6-8H2,1-5H3/t9-/m0/s1. The van der Waals surface area contributed by atoms with Gasteiger partial charge >= 0.3 is 6.09 Å². The summed E-state index contributed by atoms with van der Waals surface area (Å²) in [6.45, 7) is 10.6. The number of hydrogen-bond acceptors (Lipinski definition) is 3. The number of rotatable bonds is 0. The molecule has 94 valence electrons. The van der Waals surface area contributed by atoms with E-state index in [0.29, 0.717) is 13.1 Å². The Hall–Kier alpha value is -0.770. The quantitative estimate of drug-likeness (QED) is 0.691. The van der Waals surface area contributed by atoms with Crippen molar-refractivity contribution < 1.29 is 14.6 Å². The molecule has 1 heterocycles. The fourth-order valence-electron chi connectivity index (χ4n) is 2.07. The highest BCUT2D eigenvalue weighted by Crippen LogP contribution is 2.29. The second kappa shape index (κ2) is 4.24. The number of ether oxygens (including phenoxy) is 1. The van der Waals surface area contributed by atoms with E-state index >= 15 is 0 Å². The van der Waals surface area contributed by atoms with Crippen LogP contribution in [0.4, 0.5) is 4.79 Å². The minimum Gasteiger partial charge on any atom is -0.444 e. The van der Waals surface area contributed by atoms with Crippen molar-refractivity contribution in [2.75, 3.05) is 13.1 Å². The van der Waals surface area contributed by atoms with E-state index in [1.54, 1.807) is 4.90 Å². The topological polar surface area (TPSA) is 49.8 Å². The van der Waals surface area contributed by atoms with Crippen molar-refractivity contribution in [3.05, 3.63) is 0 Å². The molecule has 4 nitrogen and oxygen atoms in total. The van der Waals surface area contributed by atoms with Crippen molar-refractivity contribution in [3.8, 4) is 0 Å². The molecule has 0 radical (unpaired) electrons. The Morgan fingerprint density at radius 2 is 2.00 bits per heavy atom. The van der Waals surface area contributed by atoms with E-state index in [1.807, 2.05) is 34.6 Å². The zero-order valence-electron chi connectivity index (χ0n) is 10.9. The van der Waals surface area contributed by atoms with Gasteiger partial charge in [-0.25, -0.2) is 4.79 Å². The van der Waals surface area contributed by atoms with E-state index in [9.17, 15) is 9.90 Å². The highest BCUT2D eigenvalue weighted by Gasteiger charge is 2.35. The normalized spacial score (nSPS) is 25.4. The van der Waals surface area contributed by atoms with Crippen LogP contribution < -0.4 is 0 Å². The van der Waals surface area contributed by atoms with Crippen molar-refractivity contribution in [3.63, 3.8) is 0 Å². The van der Waals surface area contributed by atoms with Crippen LogP contribution in [0.2, 0.25) is 0 Å². The van der Waals surface area contributed by atoms with E-state index in [-0.39, 0.29) is 11.5 Å². The molecule has 1 aliphatic rings. The number of carbonyl (C=O) groups is 1. The van der Waals surface area contributed by atoms with Gasteiger partial charge in [-0.3, -0.25) is 0 Å². The molecule has 0 unspecified atom stereocenters. The summed E-state index contributed by atoms with van der Waals surface area (Å²) in [4.78, 5) is 13.4. The summed E-state index contributed by atoms with van der Waals surface area (Å²) in [7, 11) is 0. The van der Waals surface area contributed by atoms with Gasteiger partial charge in [0.1, 0.15) is 5.60 Å². The number of aliphatic hydroxyl groups is 1. The second-order valence-electron chi connectivity index (χ2n) is 6.38. The molecule has 0 spiro atoms. The largest absolute Gasteiger partial charge is 0.444 e. The monoisotopic (exact) mass is 229 g/mol. The third-order valence-electron chi connectivity index (χ3n) is 2.49. The van der Waals surface area contributed by atoms with E-state index < -0.39 is 11.7 Å². The molecule has 16 heavy (non-hydrogen) atoms. The number of piperidine rings is 1. The average Bonchev–Trinajstić information content (AvgIpc) is 1.96. The van der Waals surface area contributed by atoms with Gasteiger partial charge in [0.05, 0.1) is 6.10 Å². The lowest BCUT2D eigenvalue weighted by Gasteiger charge is -2.40. The van der Waals surface area contributed by atoms with Crippen LogP contribution in [0.5, 0.6) is 0 Å². The first-order valence-electron chi connectivity index (χ1n) is 5.75. The van der Waals surface area contributed by atoms with Crippen LogP contribution in [-0.2, 0) is 4.74 Å². The summed E-state index contributed by atoms with van der Waals surface area (Å²) in [5.41, 5.74) is -0.530. The predicted molar refractivity (Wildman–Crippen MR) is 62.2 cm³/mol. The van der Waals surface area contributed by atoms with E-state index in [0.717, 1.165) is 6.42 Å². The first kappa shape index (κ1) is 13.3. The maximum absolute atomic E-state index is 11.8. The first-order chi connectivity index (χ1) is 7.09. The predicted octanol–water partition coefficient (Wildman–Crippen LogP) is 2.01. The van der Waals surface area contributed by atoms with Crippen LogP contribution in [0.15, 0.2) is 0 Å². The van der Waals surface area contributed by atoms with E-state index in [2.05, 4.69) is 0 Å². The Kier molecular flexibility index (Phi) is 3.53. The van der Waals surface area contributed by atoms with Crippen molar-refractivity contribution >= 4 is 6.09 Å². The summed E-state index contributed by atoms with van der Waals surface area (Å²) in [6, 6.07) is 0. The van der Waals surface area contributed by atoms with Gasteiger partial charge in [-0.05, 0) is 32.6 Å². The van der Waals surface area contributed by atoms with Crippen molar-refractivity contribution in [2.24, 2.45) is 5.41 Å². The maximum Gasteiger partial charge on any atom is 0.410 e. The number of amides is 1. The number of hydrogen-bond donors (Lipinski definition) is 1. The smallest absolute Gasteiger partial charge is 0.410 e. The molecular formula is C12H23NO3. The molecule has 4 heteroatoms. The number of aliphatic hydroxyl groups excluding tert-OH is 1. The lowest BCUT2D eigenvalue weighted by atomic mass is 9.83. The third kappa shape index (κ3) is 4.00. The van der Waals surface area contributed by atoms with Crippen LogP contribution in [0.25, 0.3) is 0 Å². The van der Waals surface area contributed by atoms with Gasteiger partial charge < -0.3 is 14.7 Å². The van der Waals surface area contributed by atoms with Crippen LogP contribution in [-0.4, -0.2) is 40.9 Å². The average molecular weight is 229 g/mol. The van der Waals surface area contributed by atoms with Gasteiger partial charge in [0.2, 0.25) is 0 Å². The molecule has 1 rings (SSSR count). The summed E-state index contributed by atoms with van der Waals surface area (Å²) in [5.74, 6) is 0. The maximum atomic E-state index is 11.8. The zero-order chi connectivity index (χ0) is 12.6. The van der Waals surface area contributed by atoms with Gasteiger partial charge in [-0.15, -0.1) is 0 Å². The molecule has 1 saturated heterocycles. The third-order valence-corrected chi connectivity index (χ3v) is 2.49. The van der Waals surface area contributed by atoms with Gasteiger partial charge in [0, 0.05) is 13.1 Å². The van der Waals surface area contributed by atoms with Crippen LogP contribution in [0.1, 0.15) is 41.0 Å². The summed E-state index contributed by atoms with van der Waals surface area (Å²) in [6.07, 6.45) is -0.0534. The van der Waals surface area contributed by atoms with Gasteiger partial charge in [-0.2, -0.15) is 0 Å². The fraction of sp³-hybridized carbons (Fsp3) is 0.917. The molecule has 0 aromatic heterocycles. The molecule has 0 aliphatic carbocycles. The van der Waals surface area contributed by atoms with Crippen molar-refractivity contribution in [1.82, 2.24) is 4.90 Å². The molecular weight excluding hydrogens is 206 g/mol. The fourth-order valence-corrected chi connectivity index (χ4v) is 2.07. The first-order valence-corrected chi connectivity index (χ1v) is 5.75. The zero-order valence-corrected chi connectivity index (χ0v) is 10.9. The van der Waals surface area contributed by atoms with E-state index in [4.69, 9.17) is 4.74 Å². The molecule has 0 saturated carbocycles. The van der Waals surface area contributed by atoms with Crippen molar-refractivity contribution in [1.29, 1.82) is 0 Å². The van der Waals surface area contributed by atoms with Crippen LogP contribution in [0.3, 0.4) is 0 Å². The molecule has 1 atom stereocenters. The highest BCUT2D eigenvalue weighted by molar-refractivity contribution is 5.68. The van der Waals surface area contributed by atoms with Gasteiger partial charge in [0.15, 0.2) is 0 Å². The SMILES string of the molecule is CC1(C)C[C@H](O)CN(C(=O)OC(C)(C)C)C1. The molecule has 1 fully saturated rings. The molecule has 1 amide bonds. The molecule has 1 N–H and O–H groups in total.